The van der Waals surface area contributed by atoms with Crippen LogP contribution in [0.1, 0.15) is 38.6 Å². The lowest BCUT2D eigenvalue weighted by molar-refractivity contribution is -0.127. The van der Waals surface area contributed by atoms with Crippen LogP contribution in [-0.4, -0.2) is 38.5 Å². The fourth-order valence-corrected chi connectivity index (χ4v) is 4.43. The third-order valence-electron chi connectivity index (χ3n) is 6.03. The molecule has 2 amide bonds. The lowest BCUT2D eigenvalue weighted by Gasteiger charge is -2.21. The van der Waals surface area contributed by atoms with Crippen molar-refractivity contribution in [2.75, 3.05) is 11.4 Å². The van der Waals surface area contributed by atoms with Crippen LogP contribution in [0.25, 0.3) is 21.9 Å². The normalized spacial score (nSPS) is 17.4. The van der Waals surface area contributed by atoms with Crippen molar-refractivity contribution in [1.29, 1.82) is 0 Å². The number of rotatable bonds is 6. The number of amides is 2. The van der Waals surface area contributed by atoms with Crippen LogP contribution >= 0.6 is 0 Å². The first-order chi connectivity index (χ1) is 15.9. The number of benzene rings is 2. The van der Waals surface area contributed by atoms with E-state index in [-0.39, 0.29) is 42.0 Å². The first-order valence-electron chi connectivity index (χ1n) is 11.1. The highest BCUT2D eigenvalue weighted by molar-refractivity contribution is 6.05. The van der Waals surface area contributed by atoms with Crippen molar-refractivity contribution in [3.8, 4) is 0 Å². The highest BCUT2D eigenvalue weighted by atomic mass is 19.1. The number of hydrogen-bond donors (Lipinski definition) is 3. The van der Waals surface area contributed by atoms with Crippen molar-refractivity contribution >= 4 is 39.6 Å². The van der Waals surface area contributed by atoms with E-state index in [2.05, 4.69) is 39.3 Å². The SMILES string of the molecule is CC(C)C[C@@H](NC(=O)[C@H]1CC(=O)N(c2n[nH]c3cccc(F)c23)C1)c1nc2ccccc2[nH]1. The van der Waals surface area contributed by atoms with E-state index in [0.717, 1.165) is 11.0 Å². The monoisotopic (exact) mass is 448 g/mol. The molecule has 1 aliphatic rings. The highest BCUT2D eigenvalue weighted by Crippen LogP contribution is 2.32. The van der Waals surface area contributed by atoms with Crippen LogP contribution in [0.5, 0.6) is 0 Å². The average molecular weight is 449 g/mol. The molecular formula is C24H25FN6O2. The Kier molecular flexibility index (Phi) is 5.32. The van der Waals surface area contributed by atoms with Crippen molar-refractivity contribution in [2.45, 2.75) is 32.7 Å². The van der Waals surface area contributed by atoms with Crippen LogP contribution in [0.15, 0.2) is 42.5 Å². The molecule has 2 atom stereocenters. The number of nitrogens with zero attached hydrogens (tertiary/aromatic N) is 3. The molecule has 0 radical (unpaired) electrons. The van der Waals surface area contributed by atoms with E-state index in [9.17, 15) is 14.0 Å². The molecule has 0 aliphatic carbocycles. The Bertz CT molecular complexity index is 1310. The molecule has 4 aromatic rings. The Morgan fingerprint density at radius 3 is 2.79 bits per heavy atom. The molecule has 33 heavy (non-hydrogen) atoms. The van der Waals surface area contributed by atoms with Crippen molar-refractivity contribution in [3.05, 3.63) is 54.1 Å². The Labute approximate surface area is 189 Å². The maximum atomic E-state index is 14.4. The zero-order chi connectivity index (χ0) is 23.1. The number of para-hydroxylation sites is 2. The van der Waals surface area contributed by atoms with E-state index in [1.54, 1.807) is 12.1 Å². The summed E-state index contributed by atoms with van der Waals surface area (Å²) in [4.78, 5) is 35.3. The predicted molar refractivity (Wildman–Crippen MR) is 123 cm³/mol. The number of H-pyrrole nitrogens is 2. The molecule has 5 rings (SSSR count). The van der Waals surface area contributed by atoms with Gasteiger partial charge in [0.2, 0.25) is 11.8 Å². The summed E-state index contributed by atoms with van der Waals surface area (Å²) in [6.07, 6.45) is 0.744. The minimum absolute atomic E-state index is 0.0448. The smallest absolute Gasteiger partial charge is 0.229 e. The van der Waals surface area contributed by atoms with Crippen LogP contribution in [0.4, 0.5) is 10.2 Å². The van der Waals surface area contributed by atoms with Gasteiger partial charge in [-0.15, -0.1) is 0 Å². The van der Waals surface area contributed by atoms with Gasteiger partial charge in [0, 0.05) is 13.0 Å². The number of nitrogens with one attached hydrogen (secondary N) is 3. The first-order valence-corrected chi connectivity index (χ1v) is 11.1. The van der Waals surface area contributed by atoms with E-state index in [1.807, 2.05) is 24.3 Å². The topological polar surface area (TPSA) is 107 Å². The number of aromatic nitrogens is 4. The molecular weight excluding hydrogens is 423 g/mol. The third kappa shape index (κ3) is 3.94. The van der Waals surface area contributed by atoms with Crippen LogP contribution in [0.3, 0.4) is 0 Å². The number of carbonyl (C=O) groups is 2. The molecule has 9 heteroatoms. The fourth-order valence-electron chi connectivity index (χ4n) is 4.43. The summed E-state index contributed by atoms with van der Waals surface area (Å²) in [5.41, 5.74) is 2.25. The van der Waals surface area contributed by atoms with Gasteiger partial charge in [-0.1, -0.05) is 32.0 Å². The second-order valence-electron chi connectivity index (χ2n) is 8.94. The molecule has 2 aromatic carbocycles. The molecule has 1 fully saturated rings. The molecule has 2 aromatic heterocycles. The third-order valence-corrected chi connectivity index (χ3v) is 6.03. The fraction of sp³-hybridized carbons (Fsp3) is 0.333. The Balaban J connectivity index is 1.36. The Morgan fingerprint density at radius 1 is 1.21 bits per heavy atom. The highest BCUT2D eigenvalue weighted by Gasteiger charge is 2.38. The van der Waals surface area contributed by atoms with Crippen LogP contribution in [-0.2, 0) is 9.59 Å². The molecule has 8 nitrogen and oxygen atoms in total. The van der Waals surface area contributed by atoms with Gasteiger partial charge < -0.3 is 10.3 Å². The Morgan fingerprint density at radius 2 is 2.00 bits per heavy atom. The number of fused-ring (bicyclic) bond motifs is 2. The molecule has 1 saturated heterocycles. The number of anilines is 1. The summed E-state index contributed by atoms with van der Waals surface area (Å²) < 4.78 is 14.4. The van der Waals surface area contributed by atoms with Gasteiger partial charge in [0.05, 0.1) is 33.9 Å². The average Bonchev–Trinajstić information content (AvgIpc) is 3.49. The zero-order valence-corrected chi connectivity index (χ0v) is 18.4. The predicted octanol–water partition coefficient (Wildman–Crippen LogP) is 3.83. The van der Waals surface area contributed by atoms with Crippen LogP contribution in [0.2, 0.25) is 0 Å². The second-order valence-corrected chi connectivity index (χ2v) is 8.94. The maximum Gasteiger partial charge on any atom is 0.229 e. The zero-order valence-electron chi connectivity index (χ0n) is 18.4. The summed E-state index contributed by atoms with van der Waals surface area (Å²) in [5, 5.41) is 10.3. The lowest BCUT2D eigenvalue weighted by atomic mass is 10.0. The van der Waals surface area contributed by atoms with Gasteiger partial charge in [-0.25, -0.2) is 9.37 Å². The number of hydrogen-bond acceptors (Lipinski definition) is 4. The minimum atomic E-state index is -0.560. The summed E-state index contributed by atoms with van der Waals surface area (Å²) in [6.45, 7) is 4.31. The van der Waals surface area contributed by atoms with E-state index in [0.29, 0.717) is 23.7 Å². The Hall–Kier alpha value is -3.75. The quantitative estimate of drug-likeness (QED) is 0.417. The number of carbonyl (C=O) groups excluding carboxylic acids is 2. The first kappa shape index (κ1) is 21.1. The van der Waals surface area contributed by atoms with E-state index in [1.165, 1.54) is 11.0 Å². The standard InChI is InChI=1S/C24H25FN6O2/c1-13(2)10-19(22-26-16-7-3-4-8-17(16)27-22)28-24(33)14-11-20(32)31(12-14)23-21-15(25)6-5-9-18(21)29-30-23/h3-9,13-14,19H,10-12H2,1-2H3,(H,26,27)(H,28,33)(H,29,30)/t14-,19+/m0/s1. The van der Waals surface area contributed by atoms with Crippen molar-refractivity contribution in [3.63, 3.8) is 0 Å². The largest absolute Gasteiger partial charge is 0.346 e. The molecule has 0 bridgehead atoms. The number of halogens is 1. The van der Waals surface area contributed by atoms with Gasteiger partial charge in [-0.3, -0.25) is 19.6 Å². The molecule has 1 aliphatic heterocycles. The van der Waals surface area contributed by atoms with Crippen LogP contribution in [0, 0.1) is 17.7 Å². The second kappa shape index (κ2) is 8.31. The summed E-state index contributed by atoms with van der Waals surface area (Å²) >= 11 is 0. The van der Waals surface area contributed by atoms with Gasteiger partial charge >= 0.3 is 0 Å². The van der Waals surface area contributed by atoms with Crippen molar-refractivity contribution in [2.24, 2.45) is 11.8 Å². The summed E-state index contributed by atoms with van der Waals surface area (Å²) in [5.74, 6) is -0.259. The van der Waals surface area contributed by atoms with E-state index < -0.39 is 11.7 Å². The molecule has 3 N–H and O–H groups in total. The number of aromatic amines is 2. The van der Waals surface area contributed by atoms with Crippen molar-refractivity contribution in [1.82, 2.24) is 25.5 Å². The van der Waals surface area contributed by atoms with Gasteiger partial charge in [0.25, 0.3) is 0 Å². The molecule has 170 valence electrons. The van der Waals surface area contributed by atoms with E-state index in [4.69, 9.17) is 0 Å². The van der Waals surface area contributed by atoms with Crippen LogP contribution < -0.4 is 10.2 Å². The molecule has 0 saturated carbocycles. The lowest BCUT2D eigenvalue weighted by Crippen LogP contribution is -2.36. The summed E-state index contributed by atoms with van der Waals surface area (Å²) in [6, 6.07) is 12.0. The maximum absolute atomic E-state index is 14.4. The van der Waals surface area contributed by atoms with E-state index >= 15 is 0 Å². The molecule has 3 heterocycles. The van der Waals surface area contributed by atoms with Crippen molar-refractivity contribution < 1.29 is 14.0 Å². The van der Waals surface area contributed by atoms with Gasteiger partial charge in [0.15, 0.2) is 5.82 Å². The number of imidazole rings is 1. The van der Waals surface area contributed by atoms with Gasteiger partial charge in [-0.2, -0.15) is 5.10 Å². The van der Waals surface area contributed by atoms with Gasteiger partial charge in [-0.05, 0) is 36.6 Å². The minimum Gasteiger partial charge on any atom is -0.346 e. The summed E-state index contributed by atoms with van der Waals surface area (Å²) in [7, 11) is 0. The molecule has 0 spiro atoms. The van der Waals surface area contributed by atoms with Gasteiger partial charge in [0.1, 0.15) is 11.6 Å². The molecule has 0 unspecified atom stereocenters.